The van der Waals surface area contributed by atoms with E-state index in [0.29, 0.717) is 41.1 Å². The van der Waals surface area contributed by atoms with Crippen molar-refractivity contribution in [3.05, 3.63) is 83.4 Å². The van der Waals surface area contributed by atoms with Gasteiger partial charge in [-0.2, -0.15) is 0 Å². The molecular formula is C28H28ClN3O4S. The highest BCUT2D eigenvalue weighted by molar-refractivity contribution is 8.15. The van der Waals surface area contributed by atoms with Gasteiger partial charge < -0.3 is 14.8 Å². The van der Waals surface area contributed by atoms with Gasteiger partial charge in [-0.3, -0.25) is 14.5 Å². The van der Waals surface area contributed by atoms with Crippen LogP contribution in [-0.4, -0.2) is 47.4 Å². The van der Waals surface area contributed by atoms with Gasteiger partial charge in [0, 0.05) is 23.7 Å². The standard InChI is InChI=1S/C28H28ClN3O4S/c1-3-36-24-14-10-21(11-15-24)30-26(33)18-25-27(34)32(17-16-19-4-6-20(29)7-5-19)28(37-25)31-22-8-12-23(35-2)13-9-22/h4-15,25H,3,16-18H2,1-2H3,(H,30,33)/t25-/m0/s1. The molecule has 1 atom stereocenters. The first-order valence-electron chi connectivity index (χ1n) is 11.9. The lowest BCUT2D eigenvalue weighted by molar-refractivity contribution is -0.128. The van der Waals surface area contributed by atoms with E-state index in [4.69, 9.17) is 26.1 Å². The van der Waals surface area contributed by atoms with Crippen LogP contribution in [0.5, 0.6) is 11.5 Å². The van der Waals surface area contributed by atoms with Crippen LogP contribution < -0.4 is 14.8 Å². The van der Waals surface area contributed by atoms with Gasteiger partial charge in [-0.05, 0) is 79.6 Å². The van der Waals surface area contributed by atoms with E-state index in [0.717, 1.165) is 17.1 Å². The van der Waals surface area contributed by atoms with Gasteiger partial charge in [-0.25, -0.2) is 4.99 Å². The van der Waals surface area contributed by atoms with E-state index in [1.165, 1.54) is 11.8 Å². The zero-order valence-electron chi connectivity index (χ0n) is 20.6. The first kappa shape index (κ1) is 26.6. The molecule has 1 aliphatic rings. The Bertz CT molecular complexity index is 1250. The van der Waals surface area contributed by atoms with E-state index in [-0.39, 0.29) is 18.2 Å². The molecule has 2 amide bonds. The maximum absolute atomic E-state index is 13.4. The Morgan fingerprint density at radius 1 is 1.03 bits per heavy atom. The van der Waals surface area contributed by atoms with Crippen LogP contribution in [0.2, 0.25) is 5.02 Å². The number of anilines is 1. The number of methoxy groups -OCH3 is 1. The van der Waals surface area contributed by atoms with Crippen molar-refractivity contribution in [1.82, 2.24) is 4.90 Å². The number of carbonyl (C=O) groups excluding carboxylic acids is 2. The fourth-order valence-corrected chi connectivity index (χ4v) is 5.08. The van der Waals surface area contributed by atoms with E-state index in [1.807, 2.05) is 55.5 Å². The Kier molecular flexibility index (Phi) is 9.09. The van der Waals surface area contributed by atoms with Crippen LogP contribution in [0.4, 0.5) is 11.4 Å². The second-order valence-electron chi connectivity index (χ2n) is 8.27. The van der Waals surface area contributed by atoms with E-state index in [2.05, 4.69) is 5.32 Å². The Balaban J connectivity index is 1.47. The fraction of sp³-hybridized carbons (Fsp3) is 0.250. The molecule has 0 saturated carbocycles. The maximum Gasteiger partial charge on any atom is 0.242 e. The van der Waals surface area contributed by atoms with E-state index < -0.39 is 5.25 Å². The minimum absolute atomic E-state index is 0.0375. The van der Waals surface area contributed by atoms with Crippen molar-refractivity contribution in [2.24, 2.45) is 4.99 Å². The highest BCUT2D eigenvalue weighted by Crippen LogP contribution is 2.32. The van der Waals surface area contributed by atoms with Crippen molar-refractivity contribution in [2.75, 3.05) is 25.6 Å². The summed E-state index contributed by atoms with van der Waals surface area (Å²) in [5, 5.41) is 3.54. The molecule has 1 saturated heterocycles. The third-order valence-electron chi connectivity index (χ3n) is 5.67. The number of benzene rings is 3. The summed E-state index contributed by atoms with van der Waals surface area (Å²) in [5.41, 5.74) is 2.41. The lowest BCUT2D eigenvalue weighted by atomic mass is 10.1. The number of ether oxygens (including phenoxy) is 2. The smallest absolute Gasteiger partial charge is 0.242 e. The number of carbonyl (C=O) groups is 2. The number of hydrogen-bond acceptors (Lipinski definition) is 6. The molecule has 3 aromatic rings. The van der Waals surface area contributed by atoms with Crippen LogP contribution >= 0.6 is 23.4 Å². The minimum Gasteiger partial charge on any atom is -0.497 e. The molecule has 3 aromatic carbocycles. The summed E-state index contributed by atoms with van der Waals surface area (Å²) in [5.74, 6) is 1.09. The van der Waals surface area contributed by atoms with Crippen molar-refractivity contribution in [1.29, 1.82) is 0 Å². The van der Waals surface area contributed by atoms with Crippen molar-refractivity contribution in [3.63, 3.8) is 0 Å². The van der Waals surface area contributed by atoms with Gasteiger partial charge in [0.15, 0.2) is 5.17 Å². The molecule has 1 aliphatic heterocycles. The van der Waals surface area contributed by atoms with Crippen LogP contribution in [0.25, 0.3) is 0 Å². The summed E-state index contributed by atoms with van der Waals surface area (Å²) < 4.78 is 10.7. The third-order valence-corrected chi connectivity index (χ3v) is 7.10. The molecule has 1 heterocycles. The Morgan fingerprint density at radius 2 is 1.70 bits per heavy atom. The van der Waals surface area contributed by atoms with Crippen molar-refractivity contribution < 1.29 is 19.1 Å². The van der Waals surface area contributed by atoms with E-state index >= 15 is 0 Å². The molecule has 0 unspecified atom stereocenters. The molecule has 7 nitrogen and oxygen atoms in total. The normalized spacial score (nSPS) is 16.2. The number of amidine groups is 1. The molecule has 0 bridgehead atoms. The number of hydrogen-bond donors (Lipinski definition) is 1. The molecule has 37 heavy (non-hydrogen) atoms. The predicted molar refractivity (Wildman–Crippen MR) is 149 cm³/mol. The van der Waals surface area contributed by atoms with Gasteiger partial charge in [0.05, 0.1) is 19.4 Å². The average Bonchev–Trinajstić information content (AvgIpc) is 3.18. The molecule has 1 N–H and O–H groups in total. The lowest BCUT2D eigenvalue weighted by Crippen LogP contribution is -2.35. The number of nitrogens with zero attached hydrogens (tertiary/aromatic N) is 2. The molecule has 192 valence electrons. The summed E-state index contributed by atoms with van der Waals surface area (Å²) in [4.78, 5) is 32.5. The summed E-state index contributed by atoms with van der Waals surface area (Å²) in [6.45, 7) is 2.93. The first-order valence-corrected chi connectivity index (χ1v) is 13.2. The largest absolute Gasteiger partial charge is 0.497 e. The predicted octanol–water partition coefficient (Wildman–Crippen LogP) is 5.95. The zero-order valence-corrected chi connectivity index (χ0v) is 22.2. The summed E-state index contributed by atoms with van der Waals surface area (Å²) in [6.07, 6.45) is 0.673. The second-order valence-corrected chi connectivity index (χ2v) is 9.88. The monoisotopic (exact) mass is 537 g/mol. The lowest BCUT2D eigenvalue weighted by Gasteiger charge is -2.16. The molecule has 9 heteroatoms. The van der Waals surface area contributed by atoms with Crippen LogP contribution in [0, 0.1) is 0 Å². The van der Waals surface area contributed by atoms with Gasteiger partial charge in [0.2, 0.25) is 11.8 Å². The van der Waals surface area contributed by atoms with Gasteiger partial charge in [-0.15, -0.1) is 0 Å². The quantitative estimate of drug-likeness (QED) is 0.345. The van der Waals surface area contributed by atoms with Gasteiger partial charge >= 0.3 is 0 Å². The Morgan fingerprint density at radius 3 is 2.35 bits per heavy atom. The summed E-state index contributed by atoms with van der Waals surface area (Å²) >= 11 is 7.31. The maximum atomic E-state index is 13.4. The van der Waals surface area contributed by atoms with Crippen molar-refractivity contribution >= 4 is 51.7 Å². The third kappa shape index (κ3) is 7.27. The molecule has 0 aliphatic carbocycles. The zero-order chi connectivity index (χ0) is 26.2. The number of amides is 2. The number of thioether (sulfide) groups is 1. The van der Waals surface area contributed by atoms with Crippen LogP contribution in [0.15, 0.2) is 77.8 Å². The number of nitrogens with one attached hydrogen (secondary N) is 1. The minimum atomic E-state index is -0.565. The first-order chi connectivity index (χ1) is 17.9. The van der Waals surface area contributed by atoms with Crippen molar-refractivity contribution in [3.8, 4) is 11.5 Å². The van der Waals surface area contributed by atoms with Crippen LogP contribution in [0.1, 0.15) is 18.9 Å². The molecule has 4 rings (SSSR count). The van der Waals surface area contributed by atoms with Gasteiger partial charge in [0.25, 0.3) is 0 Å². The van der Waals surface area contributed by atoms with Gasteiger partial charge in [0.1, 0.15) is 16.7 Å². The number of halogens is 1. The fourth-order valence-electron chi connectivity index (χ4n) is 3.77. The molecule has 0 spiro atoms. The molecule has 0 radical (unpaired) electrons. The summed E-state index contributed by atoms with van der Waals surface area (Å²) in [6, 6.07) is 22.0. The number of aliphatic imine (C=N–C) groups is 1. The van der Waals surface area contributed by atoms with E-state index in [1.54, 1.807) is 36.3 Å². The molecule has 0 aromatic heterocycles. The molecule has 1 fully saturated rings. The van der Waals surface area contributed by atoms with Crippen LogP contribution in [-0.2, 0) is 16.0 Å². The van der Waals surface area contributed by atoms with Crippen molar-refractivity contribution in [2.45, 2.75) is 25.0 Å². The number of rotatable bonds is 10. The average molecular weight is 538 g/mol. The summed E-state index contributed by atoms with van der Waals surface area (Å²) in [7, 11) is 1.61. The van der Waals surface area contributed by atoms with E-state index in [9.17, 15) is 9.59 Å². The topological polar surface area (TPSA) is 80.2 Å². The highest BCUT2D eigenvalue weighted by atomic mass is 35.5. The van der Waals surface area contributed by atoms with Gasteiger partial charge in [-0.1, -0.05) is 35.5 Å². The molecular weight excluding hydrogens is 510 g/mol. The SMILES string of the molecule is CCOc1ccc(NC(=O)C[C@@H]2SC(=Nc3ccc(OC)cc3)N(CCc3ccc(Cl)cc3)C2=O)cc1. The Labute approximate surface area is 225 Å². The Hall–Kier alpha value is -3.49. The van der Waals surface area contributed by atoms with Crippen LogP contribution in [0.3, 0.4) is 0 Å². The second kappa shape index (κ2) is 12.7. The highest BCUT2D eigenvalue weighted by Gasteiger charge is 2.39.